The minimum atomic E-state index is -0.698. The SMILES string of the molecule is CC[C@H](C)NC(=O)[C@@H](C)N(Cc1cccc(Br)c1)C(=O)CN1C(=O)c2cccc3cccc1c23. The summed E-state index contributed by atoms with van der Waals surface area (Å²) in [5.41, 5.74) is 2.22. The van der Waals surface area contributed by atoms with E-state index in [0.29, 0.717) is 5.56 Å². The first-order valence-corrected chi connectivity index (χ1v) is 12.3. The Morgan fingerprint density at radius 1 is 1.06 bits per heavy atom. The number of hydrogen-bond acceptors (Lipinski definition) is 3. The van der Waals surface area contributed by atoms with Gasteiger partial charge in [-0.1, -0.05) is 59.3 Å². The number of hydrogen-bond donors (Lipinski definition) is 1. The molecule has 0 bridgehead atoms. The van der Waals surface area contributed by atoms with E-state index in [-0.39, 0.29) is 36.9 Å². The molecule has 1 aliphatic heterocycles. The molecule has 0 radical (unpaired) electrons. The van der Waals surface area contributed by atoms with Crippen LogP contribution in [0, 0.1) is 0 Å². The Hall–Kier alpha value is -3.19. The van der Waals surface area contributed by atoms with Crippen molar-refractivity contribution >= 4 is 50.1 Å². The van der Waals surface area contributed by atoms with Crippen LogP contribution in [0.5, 0.6) is 0 Å². The van der Waals surface area contributed by atoms with Crippen LogP contribution in [0.2, 0.25) is 0 Å². The number of carbonyl (C=O) groups is 3. The summed E-state index contributed by atoms with van der Waals surface area (Å²) in [6.45, 7) is 5.78. The molecule has 0 saturated heterocycles. The highest BCUT2D eigenvalue weighted by atomic mass is 79.9. The normalized spacial score (nSPS) is 14.2. The zero-order valence-electron chi connectivity index (χ0n) is 19.5. The minimum Gasteiger partial charge on any atom is -0.352 e. The van der Waals surface area contributed by atoms with Gasteiger partial charge in [0.15, 0.2) is 0 Å². The molecule has 6 nitrogen and oxygen atoms in total. The Bertz CT molecular complexity index is 1250. The van der Waals surface area contributed by atoms with Crippen LogP contribution in [0.25, 0.3) is 10.8 Å². The van der Waals surface area contributed by atoms with Gasteiger partial charge in [-0.3, -0.25) is 19.3 Å². The van der Waals surface area contributed by atoms with Gasteiger partial charge in [0.05, 0.1) is 5.69 Å². The third-order valence-electron chi connectivity index (χ3n) is 6.35. The lowest BCUT2D eigenvalue weighted by Crippen LogP contribution is -2.52. The Morgan fingerprint density at radius 2 is 1.76 bits per heavy atom. The fraction of sp³-hybridized carbons (Fsp3) is 0.296. The molecule has 2 atom stereocenters. The standard InChI is InChI=1S/C27H28BrN3O3/c1-4-17(2)29-26(33)18(3)30(15-19-8-5-11-21(28)14-19)24(32)16-31-23-13-7-10-20-9-6-12-22(25(20)23)27(31)34/h5-14,17-18H,4,15-16H2,1-3H3,(H,29,33)/t17-,18+/m0/s1. The average molecular weight is 522 g/mol. The van der Waals surface area contributed by atoms with Crippen molar-refractivity contribution in [1.29, 1.82) is 0 Å². The predicted molar refractivity (Wildman–Crippen MR) is 138 cm³/mol. The van der Waals surface area contributed by atoms with Crippen LogP contribution in [0.1, 0.15) is 43.1 Å². The second-order valence-corrected chi connectivity index (χ2v) is 9.63. The van der Waals surface area contributed by atoms with Gasteiger partial charge in [0.2, 0.25) is 11.8 Å². The van der Waals surface area contributed by atoms with Crippen molar-refractivity contribution in [2.45, 2.75) is 45.8 Å². The van der Waals surface area contributed by atoms with Crippen molar-refractivity contribution in [2.24, 2.45) is 0 Å². The number of benzene rings is 3. The van der Waals surface area contributed by atoms with E-state index in [0.717, 1.165) is 32.9 Å². The van der Waals surface area contributed by atoms with E-state index in [1.54, 1.807) is 17.9 Å². The smallest absolute Gasteiger partial charge is 0.259 e. The molecule has 0 aromatic heterocycles. The minimum absolute atomic E-state index is 0.00466. The van der Waals surface area contributed by atoms with Crippen molar-refractivity contribution in [3.8, 4) is 0 Å². The number of halogens is 1. The van der Waals surface area contributed by atoms with Gasteiger partial charge in [-0.05, 0) is 55.5 Å². The second-order valence-electron chi connectivity index (χ2n) is 8.72. The van der Waals surface area contributed by atoms with Crippen LogP contribution >= 0.6 is 15.9 Å². The number of rotatable bonds is 8. The van der Waals surface area contributed by atoms with Gasteiger partial charge in [0.25, 0.3) is 5.91 Å². The highest BCUT2D eigenvalue weighted by Gasteiger charge is 2.34. The number of nitrogens with zero attached hydrogens (tertiary/aromatic N) is 2. The molecule has 0 fully saturated rings. The number of carbonyl (C=O) groups excluding carboxylic acids is 3. The van der Waals surface area contributed by atoms with Gasteiger partial charge in [0, 0.05) is 28.0 Å². The lowest BCUT2D eigenvalue weighted by atomic mass is 10.1. The summed E-state index contributed by atoms with van der Waals surface area (Å²) >= 11 is 3.47. The van der Waals surface area contributed by atoms with Crippen molar-refractivity contribution in [2.75, 3.05) is 11.4 Å². The largest absolute Gasteiger partial charge is 0.352 e. The van der Waals surface area contributed by atoms with E-state index >= 15 is 0 Å². The lowest BCUT2D eigenvalue weighted by Gasteiger charge is -2.31. The fourth-order valence-electron chi connectivity index (χ4n) is 4.24. The lowest BCUT2D eigenvalue weighted by molar-refractivity contribution is -0.139. The summed E-state index contributed by atoms with van der Waals surface area (Å²) < 4.78 is 0.894. The molecule has 0 spiro atoms. The molecular weight excluding hydrogens is 494 g/mol. The van der Waals surface area contributed by atoms with Gasteiger partial charge in [-0.15, -0.1) is 0 Å². The topological polar surface area (TPSA) is 69.7 Å². The van der Waals surface area contributed by atoms with Crippen molar-refractivity contribution < 1.29 is 14.4 Å². The third-order valence-corrected chi connectivity index (χ3v) is 6.85. The summed E-state index contributed by atoms with van der Waals surface area (Å²) in [5.74, 6) is -0.694. The van der Waals surface area contributed by atoms with E-state index in [2.05, 4.69) is 21.2 Å². The predicted octanol–water partition coefficient (Wildman–Crippen LogP) is 4.89. The van der Waals surface area contributed by atoms with Crippen LogP contribution in [-0.4, -0.2) is 41.2 Å². The van der Waals surface area contributed by atoms with Gasteiger partial charge in [0.1, 0.15) is 12.6 Å². The molecule has 3 aromatic carbocycles. The van der Waals surface area contributed by atoms with Crippen molar-refractivity contribution in [3.63, 3.8) is 0 Å². The molecule has 0 unspecified atom stereocenters. The number of nitrogens with one attached hydrogen (secondary N) is 1. The second kappa shape index (κ2) is 9.97. The van der Waals surface area contributed by atoms with E-state index in [1.807, 2.05) is 68.4 Å². The molecule has 176 valence electrons. The van der Waals surface area contributed by atoms with E-state index < -0.39 is 6.04 Å². The summed E-state index contributed by atoms with van der Waals surface area (Å²) in [6.07, 6.45) is 0.794. The van der Waals surface area contributed by atoms with E-state index in [9.17, 15) is 14.4 Å². The molecule has 34 heavy (non-hydrogen) atoms. The highest BCUT2D eigenvalue weighted by Crippen LogP contribution is 2.37. The molecule has 0 saturated carbocycles. The Labute approximate surface area is 208 Å². The summed E-state index contributed by atoms with van der Waals surface area (Å²) in [4.78, 5) is 42.9. The maximum atomic E-state index is 13.6. The van der Waals surface area contributed by atoms with Crippen LogP contribution in [-0.2, 0) is 16.1 Å². The molecule has 1 heterocycles. The zero-order valence-corrected chi connectivity index (χ0v) is 21.1. The Balaban J connectivity index is 1.62. The van der Waals surface area contributed by atoms with Gasteiger partial charge >= 0.3 is 0 Å². The van der Waals surface area contributed by atoms with Crippen LogP contribution in [0.15, 0.2) is 65.1 Å². The highest BCUT2D eigenvalue weighted by molar-refractivity contribution is 9.10. The van der Waals surface area contributed by atoms with Gasteiger partial charge in [-0.25, -0.2) is 0 Å². The zero-order chi connectivity index (χ0) is 24.4. The van der Waals surface area contributed by atoms with E-state index in [4.69, 9.17) is 0 Å². The maximum Gasteiger partial charge on any atom is 0.259 e. The monoisotopic (exact) mass is 521 g/mol. The molecular formula is C27H28BrN3O3. The van der Waals surface area contributed by atoms with Crippen molar-refractivity contribution in [3.05, 3.63) is 76.3 Å². The first-order chi connectivity index (χ1) is 16.3. The molecule has 0 aliphatic carbocycles. The Morgan fingerprint density at radius 3 is 2.47 bits per heavy atom. The van der Waals surface area contributed by atoms with Crippen molar-refractivity contribution in [1.82, 2.24) is 10.2 Å². The summed E-state index contributed by atoms with van der Waals surface area (Å²) in [6, 6.07) is 18.3. The average Bonchev–Trinajstić information content (AvgIpc) is 3.10. The molecule has 7 heteroatoms. The van der Waals surface area contributed by atoms with E-state index in [1.165, 1.54) is 4.90 Å². The van der Waals surface area contributed by atoms with Crippen LogP contribution in [0.4, 0.5) is 5.69 Å². The molecule has 1 N–H and O–H groups in total. The maximum absolute atomic E-state index is 13.6. The van der Waals surface area contributed by atoms with Crippen LogP contribution in [0.3, 0.4) is 0 Å². The van der Waals surface area contributed by atoms with Gasteiger partial charge < -0.3 is 10.2 Å². The summed E-state index contributed by atoms with van der Waals surface area (Å²) in [7, 11) is 0. The Kier molecular flexibility index (Phi) is 7.03. The number of anilines is 1. The quantitative estimate of drug-likeness (QED) is 0.458. The molecule has 4 rings (SSSR count). The first-order valence-electron chi connectivity index (χ1n) is 11.5. The van der Waals surface area contributed by atoms with Gasteiger partial charge in [-0.2, -0.15) is 0 Å². The fourth-order valence-corrected chi connectivity index (χ4v) is 4.69. The first kappa shape index (κ1) is 24.0. The third kappa shape index (κ3) is 4.71. The van der Waals surface area contributed by atoms with Crippen LogP contribution < -0.4 is 10.2 Å². The summed E-state index contributed by atoms with van der Waals surface area (Å²) in [5, 5.41) is 4.80. The molecule has 3 amide bonds. The number of amides is 3. The molecule has 1 aliphatic rings. The molecule has 3 aromatic rings.